The summed E-state index contributed by atoms with van der Waals surface area (Å²) in [6, 6.07) is 0. The monoisotopic (exact) mass is 1060 g/mol. The van der Waals surface area contributed by atoms with E-state index in [0.717, 1.165) is 97.3 Å². The highest BCUT2D eigenvalue weighted by Crippen LogP contribution is 2.15. The van der Waals surface area contributed by atoms with Crippen LogP contribution in [0, 0.1) is 0 Å². The number of rotatable bonds is 60. The third-order valence-electron chi connectivity index (χ3n) is 15.1. The zero-order valence-corrected chi connectivity index (χ0v) is 50.5. The Morgan fingerprint density at radius 1 is 0.253 bits per heavy atom. The maximum Gasteiger partial charge on any atom is 0.307 e. The zero-order chi connectivity index (χ0) is 54.9. The largest absolute Gasteiger partial charge is 0.469 e. The molecule has 0 heterocycles. The van der Waals surface area contributed by atoms with Gasteiger partial charge in [-0.2, -0.15) is 0 Å². The molecule has 0 unspecified atom stereocenters. The molecular weight excluding hydrogens is 941 g/mol. The SMILES string of the molecule is CCCCCCCCCCCCCOC(=O)CCN(CCC(=O)OC)CCN(CC)CCCN(CC)CCN(CCC(=O)OCCCCCCCCCCCCC)CCC(=O)OCCCCCCCCCCCCC. The van der Waals surface area contributed by atoms with Crippen molar-refractivity contribution in [2.24, 2.45) is 0 Å². The number of unbranched alkanes of at least 4 members (excludes halogenated alkanes) is 30. The Kier molecular flexibility index (Phi) is 56.1. The summed E-state index contributed by atoms with van der Waals surface area (Å²) in [6.07, 6.45) is 43.9. The van der Waals surface area contributed by atoms with Gasteiger partial charge < -0.3 is 38.5 Å². The van der Waals surface area contributed by atoms with E-state index in [1.807, 2.05) is 0 Å². The molecule has 0 aromatic rings. The summed E-state index contributed by atoms with van der Waals surface area (Å²) < 4.78 is 21.9. The molecule has 0 aliphatic rings. The summed E-state index contributed by atoms with van der Waals surface area (Å²) in [5, 5.41) is 0. The first-order valence-electron chi connectivity index (χ1n) is 32.2. The smallest absolute Gasteiger partial charge is 0.307 e. The molecule has 0 aromatic heterocycles. The molecule has 12 nitrogen and oxygen atoms in total. The fourth-order valence-corrected chi connectivity index (χ4v) is 9.78. The van der Waals surface area contributed by atoms with Crippen molar-refractivity contribution in [1.29, 1.82) is 0 Å². The third-order valence-corrected chi connectivity index (χ3v) is 15.1. The van der Waals surface area contributed by atoms with Crippen LogP contribution in [0.25, 0.3) is 0 Å². The van der Waals surface area contributed by atoms with Crippen LogP contribution < -0.4 is 0 Å². The van der Waals surface area contributed by atoms with Crippen molar-refractivity contribution in [2.45, 2.75) is 279 Å². The minimum atomic E-state index is -0.242. The van der Waals surface area contributed by atoms with Crippen LogP contribution in [-0.2, 0) is 38.1 Å². The van der Waals surface area contributed by atoms with Crippen LogP contribution >= 0.6 is 0 Å². The molecular formula is C63H124N4O8. The number of nitrogens with zero attached hydrogens (tertiary/aromatic N) is 4. The molecule has 0 aliphatic heterocycles. The summed E-state index contributed by atoms with van der Waals surface area (Å²) in [6.45, 7) is 21.8. The summed E-state index contributed by atoms with van der Waals surface area (Å²) >= 11 is 0. The maximum absolute atomic E-state index is 12.9. The lowest BCUT2D eigenvalue weighted by Gasteiger charge is -2.29. The third kappa shape index (κ3) is 52.2. The molecule has 0 atom stereocenters. The van der Waals surface area contributed by atoms with E-state index in [1.54, 1.807) is 0 Å². The first-order chi connectivity index (χ1) is 36.7. The Morgan fingerprint density at radius 3 is 0.720 bits per heavy atom. The zero-order valence-electron chi connectivity index (χ0n) is 50.5. The molecule has 0 saturated heterocycles. The van der Waals surface area contributed by atoms with Crippen LogP contribution in [0.15, 0.2) is 0 Å². The molecule has 12 heteroatoms. The van der Waals surface area contributed by atoms with Gasteiger partial charge in [0.25, 0.3) is 0 Å². The summed E-state index contributed by atoms with van der Waals surface area (Å²) in [5.74, 6) is -0.720. The van der Waals surface area contributed by atoms with Crippen molar-refractivity contribution in [2.75, 3.05) is 105 Å². The van der Waals surface area contributed by atoms with E-state index in [0.29, 0.717) is 71.7 Å². The molecule has 0 amide bonds. The van der Waals surface area contributed by atoms with Gasteiger partial charge in [-0.1, -0.05) is 227 Å². The molecule has 0 aromatic carbocycles. The van der Waals surface area contributed by atoms with Crippen molar-refractivity contribution in [3.05, 3.63) is 0 Å². The summed E-state index contributed by atoms with van der Waals surface area (Å²) in [7, 11) is 1.42. The standard InChI is InChI=1S/C63H124N4O8/c1-7-12-15-18-21-24-27-30-33-36-39-57-73-61(69)44-50-66(49-43-60(68)72-6)55-53-64(10-4)47-42-48-65(11-5)54-56-67(51-45-62(70)74-58-40-37-34-31-28-25-22-19-16-13-8-2)52-46-63(71)75-59-41-38-35-32-29-26-23-20-17-14-9-3/h7-59H2,1-6H3. The Morgan fingerprint density at radius 2 is 0.480 bits per heavy atom. The lowest BCUT2D eigenvalue weighted by molar-refractivity contribution is -0.145. The van der Waals surface area contributed by atoms with Crippen LogP contribution in [0.3, 0.4) is 0 Å². The van der Waals surface area contributed by atoms with Crippen LogP contribution in [0.2, 0.25) is 0 Å². The number of esters is 4. The second-order valence-electron chi connectivity index (χ2n) is 21.7. The van der Waals surface area contributed by atoms with E-state index < -0.39 is 0 Å². The normalized spacial score (nSPS) is 11.7. The average Bonchev–Trinajstić information content (AvgIpc) is 3.41. The van der Waals surface area contributed by atoms with Gasteiger partial charge in [0, 0.05) is 52.4 Å². The molecule has 0 N–H and O–H groups in total. The molecule has 0 rings (SSSR count). The lowest BCUT2D eigenvalue weighted by Crippen LogP contribution is -2.40. The van der Waals surface area contributed by atoms with Gasteiger partial charge >= 0.3 is 23.9 Å². The highest BCUT2D eigenvalue weighted by Gasteiger charge is 2.17. The van der Waals surface area contributed by atoms with E-state index >= 15 is 0 Å². The number of methoxy groups -OCH3 is 1. The predicted molar refractivity (Wildman–Crippen MR) is 314 cm³/mol. The lowest BCUT2D eigenvalue weighted by atomic mass is 10.1. The van der Waals surface area contributed by atoms with Crippen molar-refractivity contribution in [3.8, 4) is 0 Å². The predicted octanol–water partition coefficient (Wildman–Crippen LogP) is 14.9. The van der Waals surface area contributed by atoms with Crippen molar-refractivity contribution < 1.29 is 38.1 Å². The number of hydrogen-bond donors (Lipinski definition) is 0. The number of likely N-dealkylation sites (N-methyl/N-ethyl adjacent to an activating group) is 2. The molecule has 0 radical (unpaired) electrons. The van der Waals surface area contributed by atoms with Gasteiger partial charge in [-0.25, -0.2) is 0 Å². The molecule has 75 heavy (non-hydrogen) atoms. The van der Waals surface area contributed by atoms with Crippen LogP contribution in [-0.4, -0.2) is 149 Å². The Bertz CT molecular complexity index is 1210. The van der Waals surface area contributed by atoms with Gasteiger partial charge in [-0.05, 0) is 51.9 Å². The highest BCUT2D eigenvalue weighted by atomic mass is 16.5. The van der Waals surface area contributed by atoms with E-state index in [1.165, 1.54) is 180 Å². The van der Waals surface area contributed by atoms with Crippen molar-refractivity contribution in [3.63, 3.8) is 0 Å². The minimum absolute atomic E-state index is 0.156. The van der Waals surface area contributed by atoms with Crippen LogP contribution in [0.4, 0.5) is 0 Å². The van der Waals surface area contributed by atoms with Crippen molar-refractivity contribution >= 4 is 23.9 Å². The maximum atomic E-state index is 12.9. The minimum Gasteiger partial charge on any atom is -0.469 e. The van der Waals surface area contributed by atoms with Gasteiger partial charge in [0.1, 0.15) is 0 Å². The quantitative estimate of drug-likeness (QED) is 0.0328. The topological polar surface area (TPSA) is 118 Å². The summed E-state index contributed by atoms with van der Waals surface area (Å²) in [5.41, 5.74) is 0. The van der Waals surface area contributed by atoms with Gasteiger partial charge in [0.05, 0.1) is 52.6 Å². The van der Waals surface area contributed by atoms with Gasteiger partial charge in [0.2, 0.25) is 0 Å². The number of hydrogen-bond acceptors (Lipinski definition) is 12. The Balaban J connectivity index is 4.94. The second-order valence-corrected chi connectivity index (χ2v) is 21.7. The number of carbonyl (C=O) groups excluding carboxylic acids is 4. The Labute approximate surface area is 464 Å². The number of carbonyl (C=O) groups is 4. The van der Waals surface area contributed by atoms with E-state index in [-0.39, 0.29) is 23.9 Å². The fourth-order valence-electron chi connectivity index (χ4n) is 9.78. The highest BCUT2D eigenvalue weighted by molar-refractivity contribution is 5.70. The fraction of sp³-hybridized carbons (Fsp3) is 0.937. The summed E-state index contributed by atoms with van der Waals surface area (Å²) in [4.78, 5) is 59.9. The van der Waals surface area contributed by atoms with Gasteiger partial charge in [-0.15, -0.1) is 0 Å². The average molecular weight is 1070 g/mol. The molecule has 0 spiro atoms. The van der Waals surface area contributed by atoms with Crippen LogP contribution in [0.5, 0.6) is 0 Å². The second kappa shape index (κ2) is 57.9. The van der Waals surface area contributed by atoms with E-state index in [4.69, 9.17) is 18.9 Å². The molecule has 0 aliphatic carbocycles. The Hall–Kier alpha value is -2.28. The molecule has 444 valence electrons. The first-order valence-corrected chi connectivity index (χ1v) is 32.2. The van der Waals surface area contributed by atoms with E-state index in [9.17, 15) is 19.2 Å². The van der Waals surface area contributed by atoms with Crippen LogP contribution in [0.1, 0.15) is 279 Å². The molecule has 0 saturated carbocycles. The first kappa shape index (κ1) is 72.7. The molecule has 0 fully saturated rings. The number of ether oxygens (including phenoxy) is 4. The van der Waals surface area contributed by atoms with E-state index in [2.05, 4.69) is 54.2 Å². The van der Waals surface area contributed by atoms with Gasteiger partial charge in [-0.3, -0.25) is 19.2 Å². The van der Waals surface area contributed by atoms with Gasteiger partial charge in [0.15, 0.2) is 0 Å². The van der Waals surface area contributed by atoms with Crippen molar-refractivity contribution in [1.82, 2.24) is 19.6 Å². The molecule has 0 bridgehead atoms.